The van der Waals surface area contributed by atoms with Gasteiger partial charge in [0.25, 0.3) is 0 Å². The molecule has 1 saturated heterocycles. The molecule has 0 amide bonds. The first-order chi connectivity index (χ1) is 14.5. The summed E-state index contributed by atoms with van der Waals surface area (Å²) in [6.07, 6.45) is 4.29. The highest BCUT2D eigenvalue weighted by Crippen LogP contribution is 2.22. The van der Waals surface area contributed by atoms with Crippen LogP contribution in [0.4, 0.5) is 0 Å². The Balaban J connectivity index is 1.35. The molecule has 158 valence electrons. The second kappa shape index (κ2) is 9.12. The zero-order valence-corrected chi connectivity index (χ0v) is 18.1. The summed E-state index contributed by atoms with van der Waals surface area (Å²) in [5.41, 5.74) is 4.64. The van der Waals surface area contributed by atoms with Crippen molar-refractivity contribution in [2.75, 3.05) is 32.4 Å². The van der Waals surface area contributed by atoms with E-state index in [4.69, 9.17) is 0 Å². The average Bonchev–Trinajstić information content (AvgIpc) is 3.09. The van der Waals surface area contributed by atoms with Crippen molar-refractivity contribution in [2.24, 2.45) is 0 Å². The molecule has 7 heteroatoms. The number of H-pyrrole nitrogens is 1. The Morgan fingerprint density at radius 1 is 0.900 bits per heavy atom. The summed E-state index contributed by atoms with van der Waals surface area (Å²) >= 11 is 0. The topological polar surface area (TPSA) is 69.3 Å². The first-order valence-electron chi connectivity index (χ1n) is 10.3. The summed E-state index contributed by atoms with van der Waals surface area (Å²) in [7, 11) is -3.14. The second-order valence-corrected chi connectivity index (χ2v) is 9.97. The molecule has 1 aliphatic rings. The molecule has 6 nitrogen and oxygen atoms in total. The number of nitrogens with zero attached hydrogens (tertiary/aromatic N) is 3. The van der Waals surface area contributed by atoms with Gasteiger partial charge in [0.05, 0.1) is 16.8 Å². The minimum Gasteiger partial charge on any atom is -0.298 e. The van der Waals surface area contributed by atoms with Crippen LogP contribution in [0.3, 0.4) is 0 Å². The first-order valence-corrected chi connectivity index (χ1v) is 12.2. The molecule has 2 heterocycles. The standard InChI is InChI=1S/C23H28N4O2S/c1-30(28,29)22-10-8-19(9-11-22)17-26-12-5-13-27(15-14-26)18-21-16-24-25-23(21)20-6-3-2-4-7-20/h2-4,6-11,16H,5,12-15,17-18H2,1H3,(H,24,25). The molecule has 30 heavy (non-hydrogen) atoms. The van der Waals surface area contributed by atoms with Crippen molar-refractivity contribution in [3.63, 3.8) is 0 Å². The van der Waals surface area contributed by atoms with Gasteiger partial charge in [-0.05, 0) is 42.8 Å². The fraction of sp³-hybridized carbons (Fsp3) is 0.348. The van der Waals surface area contributed by atoms with E-state index in [1.807, 2.05) is 36.5 Å². The highest BCUT2D eigenvalue weighted by molar-refractivity contribution is 7.90. The number of aromatic amines is 1. The quantitative estimate of drug-likeness (QED) is 0.658. The third-order valence-corrected chi connectivity index (χ3v) is 6.74. The summed E-state index contributed by atoms with van der Waals surface area (Å²) in [5.74, 6) is 0. The fourth-order valence-electron chi connectivity index (χ4n) is 3.97. The number of sulfone groups is 1. The maximum Gasteiger partial charge on any atom is 0.175 e. The molecule has 3 aromatic rings. The van der Waals surface area contributed by atoms with Crippen molar-refractivity contribution in [2.45, 2.75) is 24.4 Å². The molecule has 0 radical (unpaired) electrons. The van der Waals surface area contributed by atoms with E-state index in [0.717, 1.165) is 56.9 Å². The Morgan fingerprint density at radius 3 is 2.23 bits per heavy atom. The number of nitrogens with one attached hydrogen (secondary N) is 1. The van der Waals surface area contributed by atoms with E-state index in [1.54, 1.807) is 12.1 Å². The predicted octanol–water partition coefficient (Wildman–Crippen LogP) is 3.19. The lowest BCUT2D eigenvalue weighted by Crippen LogP contribution is -2.30. The van der Waals surface area contributed by atoms with Crippen LogP contribution in [0.15, 0.2) is 65.7 Å². The Labute approximate surface area is 178 Å². The van der Waals surface area contributed by atoms with Gasteiger partial charge >= 0.3 is 0 Å². The van der Waals surface area contributed by atoms with E-state index in [2.05, 4.69) is 32.1 Å². The summed E-state index contributed by atoms with van der Waals surface area (Å²) in [4.78, 5) is 5.31. The van der Waals surface area contributed by atoms with Gasteiger partial charge in [0, 0.05) is 38.0 Å². The smallest absolute Gasteiger partial charge is 0.175 e. The van der Waals surface area contributed by atoms with E-state index in [-0.39, 0.29) is 0 Å². The summed E-state index contributed by atoms with van der Waals surface area (Å²) in [6.45, 7) is 5.83. The Kier molecular flexibility index (Phi) is 6.32. The third kappa shape index (κ3) is 5.16. The SMILES string of the molecule is CS(=O)(=O)c1ccc(CN2CCCN(Cc3cn[nH]c3-c3ccccc3)CC2)cc1. The van der Waals surface area contributed by atoms with Gasteiger partial charge in [-0.1, -0.05) is 42.5 Å². The molecule has 2 aromatic carbocycles. The highest BCUT2D eigenvalue weighted by Gasteiger charge is 2.18. The van der Waals surface area contributed by atoms with Gasteiger partial charge < -0.3 is 0 Å². The van der Waals surface area contributed by atoms with Crippen molar-refractivity contribution in [1.82, 2.24) is 20.0 Å². The number of hydrogen-bond acceptors (Lipinski definition) is 5. The molecule has 1 fully saturated rings. The number of aromatic nitrogens is 2. The summed E-state index contributed by atoms with van der Waals surface area (Å²) in [6, 6.07) is 17.6. The van der Waals surface area contributed by atoms with Gasteiger partial charge in [-0.25, -0.2) is 8.42 Å². The van der Waals surface area contributed by atoms with E-state index in [1.165, 1.54) is 17.4 Å². The number of rotatable bonds is 6. The molecule has 1 aromatic heterocycles. The minimum atomic E-state index is -3.14. The van der Waals surface area contributed by atoms with Crippen LogP contribution in [-0.2, 0) is 22.9 Å². The van der Waals surface area contributed by atoms with Gasteiger partial charge in [0.15, 0.2) is 9.84 Å². The van der Waals surface area contributed by atoms with E-state index < -0.39 is 9.84 Å². The van der Waals surface area contributed by atoms with Crippen LogP contribution in [-0.4, -0.2) is 60.8 Å². The van der Waals surface area contributed by atoms with Gasteiger partial charge in [-0.3, -0.25) is 14.9 Å². The summed E-state index contributed by atoms with van der Waals surface area (Å²) < 4.78 is 23.3. The predicted molar refractivity (Wildman–Crippen MR) is 119 cm³/mol. The molecule has 0 saturated carbocycles. The van der Waals surface area contributed by atoms with Crippen LogP contribution in [0.2, 0.25) is 0 Å². The monoisotopic (exact) mass is 424 g/mol. The molecule has 0 unspecified atom stereocenters. The van der Waals surface area contributed by atoms with Gasteiger partial charge in [0.2, 0.25) is 0 Å². The van der Waals surface area contributed by atoms with Crippen LogP contribution >= 0.6 is 0 Å². The minimum absolute atomic E-state index is 0.377. The lowest BCUT2D eigenvalue weighted by molar-refractivity contribution is 0.247. The highest BCUT2D eigenvalue weighted by atomic mass is 32.2. The summed E-state index contributed by atoms with van der Waals surface area (Å²) in [5, 5.41) is 7.43. The molecule has 1 N–H and O–H groups in total. The van der Waals surface area contributed by atoms with E-state index in [9.17, 15) is 8.42 Å². The van der Waals surface area contributed by atoms with E-state index in [0.29, 0.717) is 4.90 Å². The molecule has 0 atom stereocenters. The molecule has 0 bridgehead atoms. The Hall–Kier alpha value is -2.48. The number of hydrogen-bond donors (Lipinski definition) is 1. The fourth-order valence-corrected chi connectivity index (χ4v) is 4.60. The number of benzene rings is 2. The zero-order chi connectivity index (χ0) is 21.0. The molecule has 0 aliphatic carbocycles. The maximum atomic E-state index is 11.6. The zero-order valence-electron chi connectivity index (χ0n) is 17.3. The van der Waals surface area contributed by atoms with Crippen molar-refractivity contribution < 1.29 is 8.42 Å². The lowest BCUT2D eigenvalue weighted by Gasteiger charge is -2.22. The van der Waals surface area contributed by atoms with Gasteiger partial charge in [0.1, 0.15) is 0 Å². The van der Waals surface area contributed by atoms with E-state index >= 15 is 0 Å². The maximum absolute atomic E-state index is 11.6. The first kappa shape index (κ1) is 20.8. The largest absolute Gasteiger partial charge is 0.298 e. The normalized spacial score (nSPS) is 16.4. The molecule has 1 aliphatic heterocycles. The van der Waals surface area contributed by atoms with Gasteiger partial charge in [-0.15, -0.1) is 0 Å². The van der Waals surface area contributed by atoms with Crippen molar-refractivity contribution in [1.29, 1.82) is 0 Å². The average molecular weight is 425 g/mol. The van der Waals surface area contributed by atoms with Crippen LogP contribution in [0.1, 0.15) is 17.5 Å². The molecule has 0 spiro atoms. The molecule has 4 rings (SSSR count). The lowest BCUT2D eigenvalue weighted by atomic mass is 10.1. The van der Waals surface area contributed by atoms with Crippen LogP contribution in [0.25, 0.3) is 11.3 Å². The Bertz CT molecular complexity index is 1060. The third-order valence-electron chi connectivity index (χ3n) is 5.61. The van der Waals surface area contributed by atoms with Crippen LogP contribution in [0, 0.1) is 0 Å². The van der Waals surface area contributed by atoms with Crippen LogP contribution in [0.5, 0.6) is 0 Å². The second-order valence-electron chi connectivity index (χ2n) is 7.96. The van der Waals surface area contributed by atoms with Crippen LogP contribution < -0.4 is 0 Å². The van der Waals surface area contributed by atoms with Crippen molar-refractivity contribution in [3.8, 4) is 11.3 Å². The van der Waals surface area contributed by atoms with Crippen molar-refractivity contribution in [3.05, 3.63) is 71.9 Å². The molecular weight excluding hydrogens is 396 g/mol. The van der Waals surface area contributed by atoms with Gasteiger partial charge in [-0.2, -0.15) is 5.10 Å². The van der Waals surface area contributed by atoms with Crippen molar-refractivity contribution >= 4 is 9.84 Å². The molecular formula is C23H28N4O2S. The Morgan fingerprint density at radius 2 is 1.57 bits per heavy atom.